The summed E-state index contributed by atoms with van der Waals surface area (Å²) in [6.45, 7) is 0.874. The van der Waals surface area contributed by atoms with Crippen LogP contribution in [0, 0.1) is 0 Å². The van der Waals surface area contributed by atoms with Gasteiger partial charge in [0.15, 0.2) is 0 Å². The minimum atomic E-state index is -5.44. The number of morpholine rings is 1. The average molecular weight is 617 g/mol. The largest absolute Gasteiger partial charge is 0.418 e. The van der Waals surface area contributed by atoms with Crippen LogP contribution in [0.4, 0.5) is 32.0 Å². The second kappa shape index (κ2) is 12.2. The highest BCUT2D eigenvalue weighted by atomic mass is 32.2. The van der Waals surface area contributed by atoms with Crippen LogP contribution in [0.5, 0.6) is 0 Å². The van der Waals surface area contributed by atoms with Crippen molar-refractivity contribution in [2.75, 3.05) is 31.0 Å². The van der Waals surface area contributed by atoms with E-state index in [2.05, 4.69) is 4.72 Å². The molecule has 0 saturated carbocycles. The van der Waals surface area contributed by atoms with Crippen LogP contribution in [0.15, 0.2) is 87.5 Å². The summed E-state index contributed by atoms with van der Waals surface area (Å²) in [5, 5.41) is 0. The van der Waals surface area contributed by atoms with Crippen molar-refractivity contribution in [3.8, 4) is 0 Å². The Bertz CT molecular complexity index is 1540. The van der Waals surface area contributed by atoms with Gasteiger partial charge in [0.05, 0.1) is 34.9 Å². The van der Waals surface area contributed by atoms with Crippen molar-refractivity contribution in [2.24, 2.45) is 0 Å². The van der Waals surface area contributed by atoms with E-state index in [0.29, 0.717) is 17.8 Å². The molecule has 1 amide bonds. The smallest absolute Gasteiger partial charge is 0.378 e. The van der Waals surface area contributed by atoms with Crippen molar-refractivity contribution in [2.45, 2.75) is 27.0 Å². The maximum Gasteiger partial charge on any atom is 0.418 e. The highest BCUT2D eigenvalue weighted by molar-refractivity contribution is 7.99. The molecule has 1 N–H and O–H groups in total. The fourth-order valence-corrected chi connectivity index (χ4v) is 6.26. The first-order chi connectivity index (χ1) is 19.3. The number of para-hydroxylation sites is 1. The Morgan fingerprint density at radius 1 is 0.829 bits per heavy atom. The van der Waals surface area contributed by atoms with Crippen LogP contribution in [-0.2, 0) is 31.9 Å². The number of amides is 1. The molecule has 1 fully saturated rings. The molecule has 0 bridgehead atoms. The summed E-state index contributed by atoms with van der Waals surface area (Å²) in [5.41, 5.74) is -4.86. The lowest BCUT2D eigenvalue weighted by Crippen LogP contribution is -2.39. The molecule has 4 rings (SSSR count). The van der Waals surface area contributed by atoms with Crippen molar-refractivity contribution in [3.63, 3.8) is 0 Å². The molecule has 1 aliphatic rings. The molecule has 0 aliphatic carbocycles. The molecular weight excluding hydrogens is 594 g/mol. The van der Waals surface area contributed by atoms with E-state index in [-0.39, 0.29) is 41.8 Å². The zero-order chi connectivity index (χ0) is 29.8. The highest BCUT2D eigenvalue weighted by Gasteiger charge is 2.46. The second-order valence-corrected chi connectivity index (χ2v) is 11.5. The molecule has 1 heterocycles. The van der Waals surface area contributed by atoms with E-state index in [4.69, 9.17) is 4.74 Å². The number of ether oxygens (including phenoxy) is 1. The maximum atomic E-state index is 14.3. The Hall–Kier alpha value is -3.49. The first-order valence-electron chi connectivity index (χ1n) is 12.0. The average Bonchev–Trinajstić information content (AvgIpc) is 2.92. The predicted octanol–water partition coefficient (Wildman–Crippen LogP) is 6.55. The van der Waals surface area contributed by atoms with Gasteiger partial charge in [-0.15, -0.1) is 0 Å². The Labute approximate surface area is 236 Å². The third kappa shape index (κ3) is 7.43. The van der Waals surface area contributed by atoms with E-state index in [9.17, 15) is 39.6 Å². The summed E-state index contributed by atoms with van der Waals surface area (Å²) >= 11 is 0.330. The molecule has 218 valence electrons. The summed E-state index contributed by atoms with van der Waals surface area (Å²) in [7, 11) is -4.15. The first kappa shape index (κ1) is 30.5. The Kier molecular flexibility index (Phi) is 9.04. The fourth-order valence-electron chi connectivity index (χ4n) is 4.02. The number of anilines is 1. The predicted molar refractivity (Wildman–Crippen MR) is 141 cm³/mol. The van der Waals surface area contributed by atoms with Crippen LogP contribution in [-0.4, -0.2) is 45.5 Å². The standard InChI is InChI=1S/C27H22F6N2O4S2/c28-26(29,30)24-18(11-13-23(36)35-14-16-39-17-15-35)10-12-22(25(24)27(31,32)33)40-21-9-5-4-8-20(21)34-41(37,38)19-6-2-1-3-7-19/h1-13,34H,14-17H2/b13-11+. The third-order valence-corrected chi connectivity index (χ3v) is 8.42. The summed E-state index contributed by atoms with van der Waals surface area (Å²) in [4.78, 5) is 12.7. The number of rotatable bonds is 7. The zero-order valence-corrected chi connectivity index (χ0v) is 22.6. The van der Waals surface area contributed by atoms with Gasteiger partial charge in [-0.05, 0) is 42.0 Å². The molecule has 1 saturated heterocycles. The topological polar surface area (TPSA) is 75.7 Å². The number of nitrogens with zero attached hydrogens (tertiary/aromatic N) is 1. The molecule has 1 aliphatic heterocycles. The number of hydrogen-bond donors (Lipinski definition) is 1. The molecule has 6 nitrogen and oxygen atoms in total. The summed E-state index contributed by atoms with van der Waals surface area (Å²) in [6.07, 6.45) is -9.36. The monoisotopic (exact) mass is 616 g/mol. The lowest BCUT2D eigenvalue weighted by Gasteiger charge is -2.25. The molecular formula is C27H22F6N2O4S2. The van der Waals surface area contributed by atoms with Crippen LogP contribution < -0.4 is 4.72 Å². The van der Waals surface area contributed by atoms with Crippen molar-refractivity contribution in [1.82, 2.24) is 4.90 Å². The number of carbonyl (C=O) groups excluding carboxylic acids is 1. The van der Waals surface area contributed by atoms with Crippen LogP contribution in [0.3, 0.4) is 0 Å². The summed E-state index contributed by atoms with van der Waals surface area (Å²) < 4.78 is 118. The van der Waals surface area contributed by atoms with Crippen molar-refractivity contribution < 1.29 is 44.3 Å². The van der Waals surface area contributed by atoms with Crippen molar-refractivity contribution in [1.29, 1.82) is 0 Å². The number of sulfonamides is 1. The SMILES string of the molecule is O=C(/C=C/c1ccc(Sc2ccccc2NS(=O)(=O)c2ccccc2)c(C(F)(F)F)c1C(F)(F)F)N1CCOCC1. The van der Waals surface area contributed by atoms with E-state index in [1.807, 2.05) is 0 Å². The quantitative estimate of drug-likeness (QED) is 0.241. The minimum Gasteiger partial charge on any atom is -0.378 e. The third-order valence-electron chi connectivity index (χ3n) is 5.90. The fraction of sp³-hybridized carbons (Fsp3) is 0.222. The first-order valence-corrected chi connectivity index (χ1v) is 14.3. The summed E-state index contributed by atoms with van der Waals surface area (Å²) in [5.74, 6) is -0.659. The highest BCUT2D eigenvalue weighted by Crippen LogP contribution is 2.49. The van der Waals surface area contributed by atoms with E-state index < -0.39 is 49.9 Å². The van der Waals surface area contributed by atoms with Gasteiger partial charge in [-0.3, -0.25) is 9.52 Å². The second-order valence-electron chi connectivity index (χ2n) is 8.69. The lowest BCUT2D eigenvalue weighted by atomic mass is 9.99. The van der Waals surface area contributed by atoms with E-state index in [0.717, 1.165) is 18.2 Å². The molecule has 0 unspecified atom stereocenters. The molecule has 3 aromatic carbocycles. The van der Waals surface area contributed by atoms with Gasteiger partial charge in [-0.1, -0.05) is 48.2 Å². The number of benzene rings is 3. The molecule has 0 atom stereocenters. The number of nitrogens with one attached hydrogen (secondary N) is 1. The molecule has 14 heteroatoms. The van der Waals surface area contributed by atoms with Crippen LogP contribution in [0.1, 0.15) is 16.7 Å². The van der Waals surface area contributed by atoms with Gasteiger partial charge in [0.1, 0.15) is 0 Å². The molecule has 0 radical (unpaired) electrons. The van der Waals surface area contributed by atoms with E-state index >= 15 is 0 Å². The lowest BCUT2D eigenvalue weighted by molar-refractivity contribution is -0.163. The van der Waals surface area contributed by atoms with E-state index in [1.165, 1.54) is 53.4 Å². The number of alkyl halides is 6. The van der Waals surface area contributed by atoms with Gasteiger partial charge in [-0.25, -0.2) is 8.42 Å². The van der Waals surface area contributed by atoms with Crippen molar-refractivity contribution in [3.05, 3.63) is 89.5 Å². The summed E-state index contributed by atoms with van der Waals surface area (Å²) in [6, 6.07) is 14.3. The maximum absolute atomic E-state index is 14.3. The van der Waals surface area contributed by atoms with Crippen molar-refractivity contribution >= 4 is 39.5 Å². The van der Waals surface area contributed by atoms with Gasteiger partial charge in [0.2, 0.25) is 5.91 Å². The molecule has 3 aromatic rings. The number of hydrogen-bond acceptors (Lipinski definition) is 5. The number of halogens is 6. The zero-order valence-electron chi connectivity index (χ0n) is 21.0. The molecule has 41 heavy (non-hydrogen) atoms. The number of carbonyl (C=O) groups is 1. The van der Waals surface area contributed by atoms with Gasteiger partial charge >= 0.3 is 12.4 Å². The van der Waals surface area contributed by atoms with Crippen LogP contribution in [0.25, 0.3) is 6.08 Å². The Morgan fingerprint density at radius 3 is 2.07 bits per heavy atom. The Balaban J connectivity index is 1.75. The molecule has 0 aromatic heterocycles. The Morgan fingerprint density at radius 2 is 1.44 bits per heavy atom. The van der Waals surface area contributed by atoms with E-state index in [1.54, 1.807) is 6.07 Å². The minimum absolute atomic E-state index is 0.0589. The normalized spacial score (nSPS) is 14.8. The van der Waals surface area contributed by atoms with Gasteiger partial charge in [0.25, 0.3) is 10.0 Å². The molecule has 0 spiro atoms. The van der Waals surface area contributed by atoms with Gasteiger partial charge in [-0.2, -0.15) is 26.3 Å². The van der Waals surface area contributed by atoms with Crippen LogP contribution >= 0.6 is 11.8 Å². The van der Waals surface area contributed by atoms with Crippen LogP contribution in [0.2, 0.25) is 0 Å². The van der Waals surface area contributed by atoms with Gasteiger partial charge < -0.3 is 9.64 Å². The van der Waals surface area contributed by atoms with Gasteiger partial charge in [0, 0.05) is 29.0 Å².